The van der Waals surface area contributed by atoms with Gasteiger partial charge in [0.15, 0.2) is 9.84 Å². The molecular formula is C13H19N3O2S. The second-order valence-electron chi connectivity index (χ2n) is 5.03. The van der Waals surface area contributed by atoms with E-state index in [0.717, 1.165) is 17.8 Å². The van der Waals surface area contributed by atoms with Crippen LogP contribution < -0.4 is 5.73 Å². The summed E-state index contributed by atoms with van der Waals surface area (Å²) >= 11 is 0. The van der Waals surface area contributed by atoms with Crippen molar-refractivity contribution in [2.75, 3.05) is 12.8 Å². The third kappa shape index (κ3) is 2.64. The van der Waals surface area contributed by atoms with Crippen LogP contribution in [0.2, 0.25) is 0 Å². The summed E-state index contributed by atoms with van der Waals surface area (Å²) in [6, 6.07) is 5.23. The first-order valence-corrected chi connectivity index (χ1v) is 8.08. The Morgan fingerprint density at radius 2 is 2.11 bits per heavy atom. The maximum absolute atomic E-state index is 11.8. The molecule has 1 unspecified atom stereocenters. The Kier molecular flexibility index (Phi) is 3.64. The summed E-state index contributed by atoms with van der Waals surface area (Å²) in [6.45, 7) is 2.64. The van der Waals surface area contributed by atoms with Crippen molar-refractivity contribution in [3.63, 3.8) is 0 Å². The molecule has 0 fully saturated rings. The normalized spacial score (nSPS) is 13.9. The number of hydrogen-bond acceptors (Lipinski definition) is 4. The van der Waals surface area contributed by atoms with Gasteiger partial charge in [0.05, 0.1) is 10.4 Å². The summed E-state index contributed by atoms with van der Waals surface area (Å²) in [4.78, 5) is 4.78. The van der Waals surface area contributed by atoms with Gasteiger partial charge in [0.25, 0.3) is 0 Å². The number of benzene rings is 1. The van der Waals surface area contributed by atoms with Gasteiger partial charge in [-0.25, -0.2) is 13.4 Å². The van der Waals surface area contributed by atoms with Gasteiger partial charge in [-0.15, -0.1) is 0 Å². The Morgan fingerprint density at radius 3 is 2.68 bits per heavy atom. The smallest absolute Gasteiger partial charge is 0.177 e. The van der Waals surface area contributed by atoms with Gasteiger partial charge < -0.3 is 10.3 Å². The number of nitrogens with zero attached hydrogens (tertiary/aromatic N) is 2. The van der Waals surface area contributed by atoms with Gasteiger partial charge in [-0.3, -0.25) is 0 Å². The molecule has 1 atom stereocenters. The zero-order valence-corrected chi connectivity index (χ0v) is 12.2. The molecular weight excluding hydrogens is 262 g/mol. The van der Waals surface area contributed by atoms with E-state index in [0.29, 0.717) is 18.0 Å². The van der Waals surface area contributed by atoms with E-state index >= 15 is 0 Å². The Morgan fingerprint density at radius 1 is 1.42 bits per heavy atom. The predicted molar refractivity (Wildman–Crippen MR) is 75.7 cm³/mol. The molecule has 1 aromatic carbocycles. The van der Waals surface area contributed by atoms with Crippen LogP contribution in [0.15, 0.2) is 23.1 Å². The molecule has 5 nitrogen and oxygen atoms in total. The van der Waals surface area contributed by atoms with Crippen molar-refractivity contribution in [3.8, 4) is 0 Å². The van der Waals surface area contributed by atoms with E-state index < -0.39 is 9.84 Å². The lowest BCUT2D eigenvalue weighted by molar-refractivity contribution is 0.563. The number of aryl methyl sites for hydroxylation is 1. The molecule has 0 aliphatic rings. The standard InChI is InChI=1S/C13H19N3O2S/c1-9(8-14)7-12-15-13-10(16(12)2)5-4-6-11(13)19(3,17)18/h4-6,9H,7-8,14H2,1-3H3. The molecule has 0 aliphatic carbocycles. The summed E-state index contributed by atoms with van der Waals surface area (Å²) in [5.41, 5.74) is 7.01. The van der Waals surface area contributed by atoms with Crippen molar-refractivity contribution in [1.82, 2.24) is 9.55 Å². The van der Waals surface area contributed by atoms with Crippen molar-refractivity contribution in [2.45, 2.75) is 18.2 Å². The van der Waals surface area contributed by atoms with E-state index in [1.807, 2.05) is 17.7 Å². The molecule has 0 aliphatic heterocycles. The minimum absolute atomic E-state index is 0.284. The molecule has 2 rings (SSSR count). The Hall–Kier alpha value is -1.40. The molecule has 0 bridgehead atoms. The van der Waals surface area contributed by atoms with Crippen LogP contribution in [0.25, 0.3) is 11.0 Å². The molecule has 2 N–H and O–H groups in total. The van der Waals surface area contributed by atoms with Crippen molar-refractivity contribution >= 4 is 20.9 Å². The molecule has 104 valence electrons. The summed E-state index contributed by atoms with van der Waals surface area (Å²) < 4.78 is 25.5. The first-order chi connectivity index (χ1) is 8.84. The average Bonchev–Trinajstić information content (AvgIpc) is 2.65. The average molecular weight is 281 g/mol. The van der Waals surface area contributed by atoms with Gasteiger partial charge in [0, 0.05) is 19.7 Å². The van der Waals surface area contributed by atoms with Crippen LogP contribution in [-0.2, 0) is 23.3 Å². The van der Waals surface area contributed by atoms with E-state index in [4.69, 9.17) is 5.73 Å². The minimum Gasteiger partial charge on any atom is -0.331 e. The lowest BCUT2D eigenvalue weighted by Gasteiger charge is -2.07. The molecule has 0 saturated heterocycles. The second kappa shape index (κ2) is 4.94. The first kappa shape index (κ1) is 14.0. The molecule has 0 saturated carbocycles. The number of para-hydroxylation sites is 1. The van der Waals surface area contributed by atoms with Crippen LogP contribution in [0, 0.1) is 5.92 Å². The van der Waals surface area contributed by atoms with Gasteiger partial charge in [-0.2, -0.15) is 0 Å². The fourth-order valence-corrected chi connectivity index (χ4v) is 2.94. The monoisotopic (exact) mass is 281 g/mol. The minimum atomic E-state index is -3.27. The van der Waals surface area contributed by atoms with Gasteiger partial charge in [-0.05, 0) is 24.6 Å². The van der Waals surface area contributed by atoms with Crippen molar-refractivity contribution in [2.24, 2.45) is 18.7 Å². The van der Waals surface area contributed by atoms with Gasteiger partial charge in [0.2, 0.25) is 0 Å². The Labute approximate surface area is 113 Å². The number of nitrogens with two attached hydrogens (primary N) is 1. The van der Waals surface area contributed by atoms with Gasteiger partial charge in [0.1, 0.15) is 11.3 Å². The summed E-state index contributed by atoms with van der Waals surface area (Å²) in [5.74, 6) is 1.18. The van der Waals surface area contributed by atoms with Crippen LogP contribution in [0.3, 0.4) is 0 Å². The molecule has 2 aromatic rings. The summed E-state index contributed by atoms with van der Waals surface area (Å²) in [5, 5.41) is 0. The van der Waals surface area contributed by atoms with Crippen LogP contribution in [-0.4, -0.2) is 30.8 Å². The molecule has 0 amide bonds. The number of rotatable bonds is 4. The molecule has 0 spiro atoms. The fourth-order valence-electron chi connectivity index (χ4n) is 2.11. The van der Waals surface area contributed by atoms with Crippen molar-refractivity contribution < 1.29 is 8.42 Å². The van der Waals surface area contributed by atoms with Crippen molar-refractivity contribution in [1.29, 1.82) is 0 Å². The lowest BCUT2D eigenvalue weighted by Crippen LogP contribution is -2.15. The Balaban J connectivity index is 2.63. The lowest BCUT2D eigenvalue weighted by atomic mass is 10.1. The van der Waals surface area contributed by atoms with E-state index in [1.165, 1.54) is 6.26 Å². The second-order valence-corrected chi connectivity index (χ2v) is 7.01. The maximum Gasteiger partial charge on any atom is 0.177 e. The number of imidazole rings is 1. The highest BCUT2D eigenvalue weighted by Crippen LogP contribution is 2.23. The van der Waals surface area contributed by atoms with Crippen LogP contribution in [0.1, 0.15) is 12.7 Å². The Bertz CT molecular complexity index is 704. The topological polar surface area (TPSA) is 78.0 Å². The zero-order valence-electron chi connectivity index (χ0n) is 11.4. The zero-order chi connectivity index (χ0) is 14.2. The third-order valence-corrected chi connectivity index (χ3v) is 4.43. The predicted octanol–water partition coefficient (Wildman–Crippen LogP) is 1.11. The highest BCUT2D eigenvalue weighted by Gasteiger charge is 2.17. The quantitative estimate of drug-likeness (QED) is 0.910. The molecule has 1 aromatic heterocycles. The van der Waals surface area contributed by atoms with E-state index in [1.54, 1.807) is 12.1 Å². The number of sulfone groups is 1. The van der Waals surface area contributed by atoms with Crippen LogP contribution in [0.5, 0.6) is 0 Å². The SMILES string of the molecule is CC(CN)Cc1nc2c(S(C)(=O)=O)cccc2n1C. The first-order valence-electron chi connectivity index (χ1n) is 6.19. The van der Waals surface area contributed by atoms with Crippen LogP contribution >= 0.6 is 0 Å². The largest absolute Gasteiger partial charge is 0.331 e. The summed E-state index contributed by atoms with van der Waals surface area (Å²) in [7, 11) is -1.36. The summed E-state index contributed by atoms with van der Waals surface area (Å²) in [6.07, 6.45) is 1.95. The number of hydrogen-bond donors (Lipinski definition) is 1. The van der Waals surface area contributed by atoms with Gasteiger partial charge >= 0.3 is 0 Å². The number of fused-ring (bicyclic) bond motifs is 1. The maximum atomic E-state index is 11.8. The molecule has 0 radical (unpaired) electrons. The van der Waals surface area contributed by atoms with Crippen LogP contribution in [0.4, 0.5) is 0 Å². The highest BCUT2D eigenvalue weighted by atomic mass is 32.2. The number of aromatic nitrogens is 2. The van der Waals surface area contributed by atoms with E-state index in [-0.39, 0.29) is 4.90 Å². The molecule has 6 heteroatoms. The van der Waals surface area contributed by atoms with E-state index in [9.17, 15) is 8.42 Å². The van der Waals surface area contributed by atoms with E-state index in [2.05, 4.69) is 11.9 Å². The third-order valence-electron chi connectivity index (χ3n) is 3.30. The fraction of sp³-hybridized carbons (Fsp3) is 0.462. The van der Waals surface area contributed by atoms with Gasteiger partial charge in [-0.1, -0.05) is 13.0 Å². The highest BCUT2D eigenvalue weighted by molar-refractivity contribution is 7.91. The molecule has 1 heterocycles. The van der Waals surface area contributed by atoms with Crippen molar-refractivity contribution in [3.05, 3.63) is 24.0 Å². The molecule has 19 heavy (non-hydrogen) atoms.